The monoisotopic (exact) mass is 348 g/mol. The Labute approximate surface area is 157 Å². The minimum Gasteiger partial charge on any atom is -0.355 e. The number of amides is 1. The Morgan fingerprint density at radius 3 is 2.15 bits per heavy atom. The minimum atomic E-state index is -0.160. The molecule has 0 aliphatic heterocycles. The molecule has 0 saturated carbocycles. The summed E-state index contributed by atoms with van der Waals surface area (Å²) < 4.78 is 0. The van der Waals surface area contributed by atoms with E-state index in [0.29, 0.717) is 11.1 Å². The molecule has 3 heteroatoms. The third kappa shape index (κ3) is 6.89. The second-order valence-electron chi connectivity index (χ2n) is 6.02. The van der Waals surface area contributed by atoms with E-state index in [1.54, 1.807) is 32.4 Å². The lowest BCUT2D eigenvalue weighted by molar-refractivity contribution is -0.116. The Hall–Kier alpha value is -2.94. The van der Waals surface area contributed by atoms with Gasteiger partial charge in [0.25, 0.3) is 5.91 Å². The Morgan fingerprint density at radius 1 is 1.12 bits per heavy atom. The van der Waals surface area contributed by atoms with Gasteiger partial charge in [-0.15, -0.1) is 0 Å². The van der Waals surface area contributed by atoms with E-state index in [1.807, 2.05) is 12.1 Å². The molecule has 136 valence electrons. The van der Waals surface area contributed by atoms with Gasteiger partial charge in [-0.1, -0.05) is 49.9 Å². The van der Waals surface area contributed by atoms with Crippen LogP contribution in [0.15, 0.2) is 79.2 Å². The molecule has 0 bridgehead atoms. The molecule has 1 aromatic carbocycles. The van der Waals surface area contributed by atoms with E-state index in [4.69, 9.17) is 0 Å². The van der Waals surface area contributed by atoms with E-state index in [2.05, 4.69) is 61.6 Å². The summed E-state index contributed by atoms with van der Waals surface area (Å²) in [6.45, 7) is 13.8. The molecule has 1 amide bonds. The number of hydrogen-bond acceptors (Lipinski definition) is 2. The molecule has 0 atom stereocenters. The smallest absolute Gasteiger partial charge is 0.251 e. The predicted octanol–water partition coefficient (Wildman–Crippen LogP) is 4.90. The molecule has 1 aromatic heterocycles. The van der Waals surface area contributed by atoms with Crippen molar-refractivity contribution in [2.75, 3.05) is 7.05 Å². The quantitative estimate of drug-likeness (QED) is 0.617. The molecule has 0 aliphatic rings. The van der Waals surface area contributed by atoms with Gasteiger partial charge >= 0.3 is 0 Å². The Balaban J connectivity index is 0.000000314. The standard InChI is InChI=1S/C14H16N2O.C9H12/c1-10(2)13(14(17)15-4)9-11(3)12-5-7-16-8-6-12;1-3-9-6-4-8(2)5-7-9/h5-9H,1,3H2,2,4H3,(H,15,17);4-7H,3H2,1-2H3/b13-9-;. The van der Waals surface area contributed by atoms with Crippen molar-refractivity contribution in [2.45, 2.75) is 27.2 Å². The molecule has 26 heavy (non-hydrogen) atoms. The van der Waals surface area contributed by atoms with Crippen molar-refractivity contribution in [3.05, 3.63) is 95.9 Å². The van der Waals surface area contributed by atoms with Crippen molar-refractivity contribution in [3.63, 3.8) is 0 Å². The molecule has 0 unspecified atom stereocenters. The zero-order valence-electron chi connectivity index (χ0n) is 16.2. The van der Waals surface area contributed by atoms with Gasteiger partial charge in [0.05, 0.1) is 0 Å². The Kier molecular flexibility index (Phi) is 8.79. The molecule has 0 fully saturated rings. The normalized spacial score (nSPS) is 10.4. The van der Waals surface area contributed by atoms with E-state index >= 15 is 0 Å². The van der Waals surface area contributed by atoms with Gasteiger partial charge in [0.15, 0.2) is 0 Å². The number of carbonyl (C=O) groups excluding carboxylic acids is 1. The molecule has 0 radical (unpaired) electrons. The molecule has 0 saturated heterocycles. The summed E-state index contributed by atoms with van der Waals surface area (Å²) in [4.78, 5) is 15.6. The lowest BCUT2D eigenvalue weighted by Gasteiger charge is -2.07. The van der Waals surface area contributed by atoms with Crippen LogP contribution < -0.4 is 5.32 Å². The fourth-order valence-electron chi connectivity index (χ4n) is 2.16. The third-order valence-electron chi connectivity index (χ3n) is 3.83. The fourth-order valence-corrected chi connectivity index (χ4v) is 2.16. The second-order valence-corrected chi connectivity index (χ2v) is 6.02. The van der Waals surface area contributed by atoms with Crippen LogP contribution in [0.5, 0.6) is 0 Å². The molecule has 2 aromatic rings. The van der Waals surface area contributed by atoms with E-state index < -0.39 is 0 Å². The number of aryl methyl sites for hydroxylation is 2. The van der Waals surface area contributed by atoms with Crippen LogP contribution in [0.3, 0.4) is 0 Å². The number of carbonyl (C=O) groups is 1. The van der Waals surface area contributed by atoms with Crippen LogP contribution in [-0.4, -0.2) is 17.9 Å². The summed E-state index contributed by atoms with van der Waals surface area (Å²) in [6.07, 6.45) is 6.25. The molecule has 0 spiro atoms. The molecule has 2 rings (SSSR count). The Bertz CT molecular complexity index is 772. The highest BCUT2D eigenvalue weighted by atomic mass is 16.1. The first-order chi connectivity index (χ1) is 12.4. The van der Waals surface area contributed by atoms with Crippen molar-refractivity contribution in [1.29, 1.82) is 0 Å². The van der Waals surface area contributed by atoms with Gasteiger partial charge in [0, 0.05) is 25.0 Å². The Morgan fingerprint density at radius 2 is 1.69 bits per heavy atom. The lowest BCUT2D eigenvalue weighted by atomic mass is 10.0. The maximum Gasteiger partial charge on any atom is 0.251 e. The maximum atomic E-state index is 11.6. The van der Waals surface area contributed by atoms with Crippen molar-refractivity contribution in [3.8, 4) is 0 Å². The van der Waals surface area contributed by atoms with Crippen LogP contribution in [0.1, 0.15) is 30.5 Å². The number of rotatable bonds is 5. The zero-order valence-corrected chi connectivity index (χ0v) is 16.2. The van der Waals surface area contributed by atoms with Crippen LogP contribution >= 0.6 is 0 Å². The maximum absolute atomic E-state index is 11.6. The van der Waals surface area contributed by atoms with Crippen LogP contribution in [0.2, 0.25) is 0 Å². The fraction of sp³-hybridized carbons (Fsp3) is 0.217. The first-order valence-corrected chi connectivity index (χ1v) is 8.63. The topological polar surface area (TPSA) is 42.0 Å². The number of likely N-dealkylation sites (N-methyl/N-ethyl adjacent to an activating group) is 1. The third-order valence-corrected chi connectivity index (χ3v) is 3.83. The number of allylic oxidation sites excluding steroid dienone is 2. The molecular formula is C23H28N2O. The summed E-state index contributed by atoms with van der Waals surface area (Å²) in [6, 6.07) is 12.3. The minimum absolute atomic E-state index is 0.160. The summed E-state index contributed by atoms with van der Waals surface area (Å²) in [7, 11) is 1.59. The van der Waals surface area contributed by atoms with Crippen molar-refractivity contribution in [1.82, 2.24) is 10.3 Å². The van der Waals surface area contributed by atoms with E-state index in [9.17, 15) is 4.79 Å². The number of nitrogens with zero attached hydrogens (tertiary/aromatic N) is 1. The average molecular weight is 348 g/mol. The van der Waals surface area contributed by atoms with E-state index in [0.717, 1.165) is 17.6 Å². The zero-order chi connectivity index (χ0) is 19.5. The summed E-state index contributed by atoms with van der Waals surface area (Å²) in [5.74, 6) is -0.160. The predicted molar refractivity (Wildman–Crippen MR) is 111 cm³/mol. The summed E-state index contributed by atoms with van der Waals surface area (Å²) in [5, 5.41) is 2.58. The highest BCUT2D eigenvalue weighted by Crippen LogP contribution is 2.17. The first-order valence-electron chi connectivity index (χ1n) is 8.63. The van der Waals surface area contributed by atoms with Gasteiger partial charge in [-0.25, -0.2) is 0 Å². The van der Waals surface area contributed by atoms with Gasteiger partial charge in [0.2, 0.25) is 0 Å². The van der Waals surface area contributed by atoms with Crippen LogP contribution in [0, 0.1) is 6.92 Å². The SMILES string of the molecule is C=C(C)/C(=C/C(=C)c1ccncc1)C(=O)NC.CCc1ccc(C)cc1. The van der Waals surface area contributed by atoms with Gasteiger partial charge < -0.3 is 5.32 Å². The second kappa shape index (κ2) is 10.8. The highest BCUT2D eigenvalue weighted by Gasteiger charge is 2.08. The number of nitrogens with one attached hydrogen (secondary N) is 1. The number of pyridine rings is 1. The highest BCUT2D eigenvalue weighted by molar-refractivity contribution is 5.99. The largest absolute Gasteiger partial charge is 0.355 e. The molecule has 1 heterocycles. The average Bonchev–Trinajstić information content (AvgIpc) is 2.67. The number of aromatic nitrogens is 1. The lowest BCUT2D eigenvalue weighted by Crippen LogP contribution is -2.20. The van der Waals surface area contributed by atoms with E-state index in [-0.39, 0.29) is 5.91 Å². The molecule has 3 nitrogen and oxygen atoms in total. The number of benzene rings is 1. The van der Waals surface area contributed by atoms with E-state index in [1.165, 1.54) is 11.1 Å². The summed E-state index contributed by atoms with van der Waals surface area (Å²) >= 11 is 0. The number of hydrogen-bond donors (Lipinski definition) is 1. The van der Waals surface area contributed by atoms with Crippen LogP contribution in [-0.2, 0) is 11.2 Å². The van der Waals surface area contributed by atoms with Gasteiger partial charge in [-0.3, -0.25) is 9.78 Å². The molecular weight excluding hydrogens is 320 g/mol. The molecule has 0 aliphatic carbocycles. The van der Waals surface area contributed by atoms with Gasteiger partial charge in [-0.05, 0) is 60.8 Å². The summed E-state index contributed by atoms with van der Waals surface area (Å²) in [5.41, 5.74) is 5.69. The van der Waals surface area contributed by atoms with Crippen molar-refractivity contribution < 1.29 is 4.79 Å². The van der Waals surface area contributed by atoms with Crippen LogP contribution in [0.25, 0.3) is 5.57 Å². The van der Waals surface area contributed by atoms with Gasteiger partial charge in [-0.2, -0.15) is 0 Å². The van der Waals surface area contributed by atoms with Gasteiger partial charge in [0.1, 0.15) is 0 Å². The van der Waals surface area contributed by atoms with Crippen LogP contribution in [0.4, 0.5) is 0 Å². The molecule has 1 N–H and O–H groups in total. The first kappa shape index (κ1) is 21.1. The van der Waals surface area contributed by atoms with Crippen molar-refractivity contribution >= 4 is 11.5 Å². The van der Waals surface area contributed by atoms with Crippen molar-refractivity contribution in [2.24, 2.45) is 0 Å².